The zero-order valence-corrected chi connectivity index (χ0v) is 15.4. The van der Waals surface area contributed by atoms with Gasteiger partial charge in [-0.2, -0.15) is 0 Å². The maximum atomic E-state index is 14.7. The summed E-state index contributed by atoms with van der Waals surface area (Å²) >= 11 is 0. The molecule has 2 fully saturated rings. The van der Waals surface area contributed by atoms with E-state index in [0.717, 1.165) is 56.8 Å². The first-order chi connectivity index (χ1) is 12.6. The molecule has 1 aliphatic heterocycles. The second kappa shape index (κ2) is 7.13. The monoisotopic (exact) mass is 356 g/mol. The number of aryl methyl sites for hydroxylation is 1. The summed E-state index contributed by atoms with van der Waals surface area (Å²) in [6.07, 6.45) is 9.38. The fraction of sp³-hybridized carbons (Fsp3) is 0.579. The summed E-state index contributed by atoms with van der Waals surface area (Å²) in [5.74, 6) is 1.82. The van der Waals surface area contributed by atoms with Gasteiger partial charge in [-0.3, -0.25) is 0 Å². The molecule has 7 heteroatoms. The lowest BCUT2D eigenvalue weighted by Crippen LogP contribution is -2.39. The first-order valence-electron chi connectivity index (χ1n) is 9.37. The van der Waals surface area contributed by atoms with Crippen molar-refractivity contribution in [3.05, 3.63) is 35.8 Å². The van der Waals surface area contributed by atoms with Crippen molar-refractivity contribution >= 4 is 11.8 Å². The summed E-state index contributed by atoms with van der Waals surface area (Å²) in [5.41, 5.74) is 1.66. The molecule has 0 N–H and O–H groups in total. The molecule has 1 saturated carbocycles. The van der Waals surface area contributed by atoms with Gasteiger partial charge >= 0.3 is 0 Å². The van der Waals surface area contributed by atoms with Crippen LogP contribution in [0.1, 0.15) is 42.9 Å². The SMILES string of the molecule is Cc1cnc(N2CCC(CN(C)c3ncnc(C4CC4)c3F)CC2)nc1. The Morgan fingerprint density at radius 2 is 1.77 bits per heavy atom. The molecule has 0 spiro atoms. The van der Waals surface area contributed by atoms with Gasteiger partial charge in [0.1, 0.15) is 6.33 Å². The Labute approximate surface area is 153 Å². The van der Waals surface area contributed by atoms with Crippen LogP contribution in [0.25, 0.3) is 0 Å². The lowest BCUT2D eigenvalue weighted by molar-refractivity contribution is 0.403. The highest BCUT2D eigenvalue weighted by Crippen LogP contribution is 2.41. The smallest absolute Gasteiger partial charge is 0.225 e. The first-order valence-corrected chi connectivity index (χ1v) is 9.37. The molecule has 1 aliphatic carbocycles. The molecule has 3 heterocycles. The molecule has 2 aromatic heterocycles. The van der Waals surface area contributed by atoms with Gasteiger partial charge in [0.25, 0.3) is 0 Å². The lowest BCUT2D eigenvalue weighted by Gasteiger charge is -2.34. The molecular formula is C19H25FN6. The average molecular weight is 356 g/mol. The minimum absolute atomic E-state index is 0.233. The highest BCUT2D eigenvalue weighted by molar-refractivity contribution is 5.42. The van der Waals surface area contributed by atoms with Crippen LogP contribution in [0.2, 0.25) is 0 Å². The Bertz CT molecular complexity index is 753. The summed E-state index contributed by atoms with van der Waals surface area (Å²) in [7, 11) is 1.93. The Morgan fingerprint density at radius 3 is 2.42 bits per heavy atom. The van der Waals surface area contributed by atoms with Gasteiger partial charge in [0.15, 0.2) is 11.6 Å². The molecule has 6 nitrogen and oxygen atoms in total. The highest BCUT2D eigenvalue weighted by atomic mass is 19.1. The van der Waals surface area contributed by atoms with Crippen LogP contribution in [-0.4, -0.2) is 46.6 Å². The maximum Gasteiger partial charge on any atom is 0.225 e. The van der Waals surface area contributed by atoms with Gasteiger partial charge in [0.05, 0.1) is 5.69 Å². The van der Waals surface area contributed by atoms with E-state index in [4.69, 9.17) is 0 Å². The third-order valence-electron chi connectivity index (χ3n) is 5.32. The van der Waals surface area contributed by atoms with Gasteiger partial charge in [-0.15, -0.1) is 0 Å². The Hall–Kier alpha value is -2.31. The van der Waals surface area contributed by atoms with Crippen molar-refractivity contribution in [2.24, 2.45) is 5.92 Å². The summed E-state index contributed by atoms with van der Waals surface area (Å²) < 4.78 is 14.7. The number of halogens is 1. The molecule has 2 aromatic rings. The van der Waals surface area contributed by atoms with E-state index < -0.39 is 0 Å². The van der Waals surface area contributed by atoms with Crippen molar-refractivity contribution in [2.45, 2.75) is 38.5 Å². The van der Waals surface area contributed by atoms with Gasteiger partial charge < -0.3 is 9.80 Å². The Morgan fingerprint density at radius 1 is 1.08 bits per heavy atom. The van der Waals surface area contributed by atoms with Crippen LogP contribution in [0.3, 0.4) is 0 Å². The third-order valence-corrected chi connectivity index (χ3v) is 5.32. The van der Waals surface area contributed by atoms with E-state index in [-0.39, 0.29) is 5.82 Å². The molecular weight excluding hydrogens is 331 g/mol. The number of rotatable bonds is 5. The minimum atomic E-state index is -0.233. The average Bonchev–Trinajstić information content (AvgIpc) is 3.48. The standard InChI is InChI=1S/C19H25FN6/c1-13-9-21-19(22-10-13)26-7-5-14(6-8-26)11-25(2)18-16(20)17(15-3-4-15)23-12-24-18/h9-10,12,14-15H,3-8,11H2,1-2H3. The summed E-state index contributed by atoms with van der Waals surface area (Å²) in [4.78, 5) is 21.4. The number of nitrogens with zero attached hydrogens (tertiary/aromatic N) is 6. The van der Waals surface area contributed by atoms with E-state index in [1.807, 2.05) is 31.3 Å². The van der Waals surface area contributed by atoms with E-state index >= 15 is 0 Å². The van der Waals surface area contributed by atoms with Gasteiger partial charge in [-0.25, -0.2) is 24.3 Å². The lowest BCUT2D eigenvalue weighted by atomic mass is 9.96. The molecule has 4 rings (SSSR count). The molecule has 26 heavy (non-hydrogen) atoms. The number of piperidine rings is 1. The Balaban J connectivity index is 1.35. The molecule has 0 radical (unpaired) electrons. The topological polar surface area (TPSA) is 58.0 Å². The van der Waals surface area contributed by atoms with Crippen molar-refractivity contribution < 1.29 is 4.39 Å². The zero-order chi connectivity index (χ0) is 18.1. The summed E-state index contributed by atoms with van der Waals surface area (Å²) in [6.45, 7) is 4.66. The second-order valence-electron chi connectivity index (χ2n) is 7.54. The fourth-order valence-corrected chi connectivity index (χ4v) is 3.62. The molecule has 0 bridgehead atoms. The molecule has 1 saturated heterocycles. The predicted octanol–water partition coefficient (Wildman–Crippen LogP) is 2.94. The van der Waals surface area contributed by atoms with E-state index in [2.05, 4.69) is 24.8 Å². The zero-order valence-electron chi connectivity index (χ0n) is 15.4. The Kier molecular flexibility index (Phi) is 4.70. The molecule has 0 atom stereocenters. The van der Waals surface area contributed by atoms with Crippen molar-refractivity contribution in [3.8, 4) is 0 Å². The van der Waals surface area contributed by atoms with E-state index in [1.165, 1.54) is 6.33 Å². The minimum Gasteiger partial charge on any atom is -0.357 e. The molecule has 2 aliphatic rings. The van der Waals surface area contributed by atoms with Crippen LogP contribution in [0.5, 0.6) is 0 Å². The predicted molar refractivity (Wildman–Crippen MR) is 98.9 cm³/mol. The maximum absolute atomic E-state index is 14.7. The number of hydrogen-bond acceptors (Lipinski definition) is 6. The van der Waals surface area contributed by atoms with E-state index in [0.29, 0.717) is 23.3 Å². The highest BCUT2D eigenvalue weighted by Gasteiger charge is 2.31. The van der Waals surface area contributed by atoms with E-state index in [1.54, 1.807) is 0 Å². The van der Waals surface area contributed by atoms with Gasteiger partial charge in [0, 0.05) is 45.0 Å². The first kappa shape index (κ1) is 17.1. The quantitative estimate of drug-likeness (QED) is 0.821. The summed E-state index contributed by atoms with van der Waals surface area (Å²) in [5, 5.41) is 0. The third kappa shape index (κ3) is 3.61. The molecule has 138 valence electrons. The fourth-order valence-electron chi connectivity index (χ4n) is 3.62. The van der Waals surface area contributed by atoms with E-state index in [9.17, 15) is 4.39 Å². The van der Waals surface area contributed by atoms with Crippen molar-refractivity contribution in [1.82, 2.24) is 19.9 Å². The van der Waals surface area contributed by atoms with Gasteiger partial charge in [0.2, 0.25) is 5.95 Å². The van der Waals surface area contributed by atoms with Crippen LogP contribution in [0.15, 0.2) is 18.7 Å². The van der Waals surface area contributed by atoms with Crippen molar-refractivity contribution in [1.29, 1.82) is 0 Å². The number of aromatic nitrogens is 4. The van der Waals surface area contributed by atoms with Crippen molar-refractivity contribution in [3.63, 3.8) is 0 Å². The second-order valence-corrected chi connectivity index (χ2v) is 7.54. The molecule has 0 aromatic carbocycles. The van der Waals surface area contributed by atoms with Crippen LogP contribution in [0, 0.1) is 18.7 Å². The van der Waals surface area contributed by atoms with Gasteiger partial charge in [-0.05, 0) is 44.1 Å². The number of anilines is 2. The van der Waals surface area contributed by atoms with Crippen LogP contribution < -0.4 is 9.80 Å². The largest absolute Gasteiger partial charge is 0.357 e. The van der Waals surface area contributed by atoms with Crippen LogP contribution in [-0.2, 0) is 0 Å². The summed E-state index contributed by atoms with van der Waals surface area (Å²) in [6, 6.07) is 0. The van der Waals surface area contributed by atoms with Gasteiger partial charge in [-0.1, -0.05) is 0 Å². The molecule has 0 unspecified atom stereocenters. The van der Waals surface area contributed by atoms with Crippen LogP contribution >= 0.6 is 0 Å². The van der Waals surface area contributed by atoms with Crippen LogP contribution in [0.4, 0.5) is 16.2 Å². The normalized spacial score (nSPS) is 18.2. The molecule has 0 amide bonds. The number of hydrogen-bond donors (Lipinski definition) is 0. The van der Waals surface area contributed by atoms with Crippen molar-refractivity contribution in [2.75, 3.05) is 36.5 Å².